The second-order valence-corrected chi connectivity index (χ2v) is 8.80. The summed E-state index contributed by atoms with van der Waals surface area (Å²) in [6, 6.07) is 13.0. The summed E-state index contributed by atoms with van der Waals surface area (Å²) in [4.78, 5) is 60.5. The van der Waals surface area contributed by atoms with Crippen LogP contribution in [0.4, 0.5) is 0 Å². The molecule has 12 heteroatoms. The molecule has 0 bridgehead atoms. The van der Waals surface area contributed by atoms with Crippen LogP contribution in [0, 0.1) is 5.92 Å². The zero-order valence-corrected chi connectivity index (χ0v) is 20.1. The van der Waals surface area contributed by atoms with Gasteiger partial charge in [-0.1, -0.05) is 31.9 Å². The smallest absolute Gasteiger partial charge is 0.311 e. The van der Waals surface area contributed by atoms with Crippen molar-refractivity contribution in [2.45, 2.75) is 6.42 Å². The Morgan fingerprint density at radius 2 is 1.42 bits per heavy atom. The molecule has 1 aliphatic rings. The van der Waals surface area contributed by atoms with Crippen LogP contribution in [0.25, 0.3) is 0 Å². The molecule has 3 N–H and O–H groups in total. The zero-order valence-electron chi connectivity index (χ0n) is 17.0. The summed E-state index contributed by atoms with van der Waals surface area (Å²) < 4.78 is 6.54. The molecule has 1 atom stereocenters. The Balaban J connectivity index is 1.42. The lowest BCUT2D eigenvalue weighted by molar-refractivity contribution is -0.152. The maximum Gasteiger partial charge on any atom is 0.311 e. The Bertz CT molecular complexity index is 1080. The van der Waals surface area contributed by atoms with Crippen molar-refractivity contribution in [3.05, 3.63) is 68.6 Å². The molecule has 0 radical (unpaired) electrons. The van der Waals surface area contributed by atoms with Crippen molar-refractivity contribution in [1.82, 2.24) is 21.3 Å². The van der Waals surface area contributed by atoms with Crippen LogP contribution in [0.3, 0.4) is 0 Å². The number of carbonyl (C=O) groups excluding carboxylic acids is 5. The third kappa shape index (κ3) is 6.86. The van der Waals surface area contributed by atoms with Gasteiger partial charge in [0.2, 0.25) is 5.91 Å². The number of esters is 1. The Morgan fingerprint density at radius 3 is 2.00 bits per heavy atom. The summed E-state index contributed by atoms with van der Waals surface area (Å²) >= 11 is 6.53. The summed E-state index contributed by atoms with van der Waals surface area (Å²) in [5.41, 5.74) is 7.48. The van der Waals surface area contributed by atoms with E-state index in [2.05, 4.69) is 48.1 Å². The Labute approximate surface area is 205 Å². The van der Waals surface area contributed by atoms with Crippen molar-refractivity contribution in [1.29, 1.82) is 0 Å². The van der Waals surface area contributed by atoms with Crippen LogP contribution in [-0.2, 0) is 19.1 Å². The van der Waals surface area contributed by atoms with Gasteiger partial charge in [0.05, 0.1) is 12.5 Å². The van der Waals surface area contributed by atoms with Crippen LogP contribution in [0.2, 0.25) is 0 Å². The van der Waals surface area contributed by atoms with E-state index < -0.39 is 42.1 Å². The molecule has 1 fully saturated rings. The van der Waals surface area contributed by atoms with Crippen molar-refractivity contribution < 1.29 is 28.7 Å². The van der Waals surface area contributed by atoms with Crippen molar-refractivity contribution in [2.24, 2.45) is 5.92 Å². The first-order valence-corrected chi connectivity index (χ1v) is 11.2. The van der Waals surface area contributed by atoms with Crippen LogP contribution in [0.5, 0.6) is 0 Å². The normalized spacial score (nSPS) is 15.0. The van der Waals surface area contributed by atoms with Crippen LogP contribution in [-0.4, -0.2) is 47.8 Å². The lowest BCUT2D eigenvalue weighted by atomic mass is 10.1. The molecule has 4 amide bonds. The van der Waals surface area contributed by atoms with Crippen LogP contribution in [0.1, 0.15) is 27.1 Å². The fraction of sp³-hybridized carbons (Fsp3) is 0.190. The number of hydrogen-bond acceptors (Lipinski definition) is 6. The van der Waals surface area contributed by atoms with Gasteiger partial charge in [0.15, 0.2) is 6.61 Å². The molecule has 0 aromatic heterocycles. The van der Waals surface area contributed by atoms with E-state index in [1.54, 1.807) is 48.5 Å². The highest BCUT2D eigenvalue weighted by atomic mass is 79.9. The number of hydrazine groups is 2. The van der Waals surface area contributed by atoms with E-state index in [1.165, 1.54) is 0 Å². The third-order valence-electron chi connectivity index (χ3n) is 4.57. The molecule has 3 rings (SSSR count). The lowest BCUT2D eigenvalue weighted by Gasteiger charge is -2.17. The summed E-state index contributed by atoms with van der Waals surface area (Å²) in [5.74, 6) is -3.84. The highest BCUT2D eigenvalue weighted by Gasteiger charge is 2.36. The molecule has 1 heterocycles. The van der Waals surface area contributed by atoms with Crippen molar-refractivity contribution >= 4 is 61.5 Å². The van der Waals surface area contributed by atoms with E-state index in [1.807, 2.05) is 0 Å². The first-order chi connectivity index (χ1) is 15.7. The van der Waals surface area contributed by atoms with E-state index >= 15 is 0 Å². The summed E-state index contributed by atoms with van der Waals surface area (Å²) in [5, 5.41) is 1.05. The Kier molecular flexibility index (Phi) is 8.17. The maximum atomic E-state index is 12.3. The largest absolute Gasteiger partial charge is 0.455 e. The van der Waals surface area contributed by atoms with Crippen molar-refractivity contribution in [2.75, 3.05) is 13.2 Å². The minimum atomic E-state index is -0.840. The summed E-state index contributed by atoms with van der Waals surface area (Å²) in [6.07, 6.45) is -0.165. The second kappa shape index (κ2) is 11.1. The molecular weight excluding hydrogens is 564 g/mol. The Hall–Kier alpha value is -3.25. The fourth-order valence-corrected chi connectivity index (χ4v) is 3.38. The average molecular weight is 582 g/mol. The average Bonchev–Trinajstić information content (AvgIpc) is 3.16. The van der Waals surface area contributed by atoms with Crippen LogP contribution in [0.15, 0.2) is 57.5 Å². The third-order valence-corrected chi connectivity index (χ3v) is 5.63. The quantitative estimate of drug-likeness (QED) is 0.351. The van der Waals surface area contributed by atoms with Crippen molar-refractivity contribution in [3.8, 4) is 0 Å². The molecule has 1 saturated heterocycles. The van der Waals surface area contributed by atoms with E-state index in [9.17, 15) is 24.0 Å². The molecule has 10 nitrogen and oxygen atoms in total. The van der Waals surface area contributed by atoms with Gasteiger partial charge in [0.1, 0.15) is 0 Å². The highest BCUT2D eigenvalue weighted by molar-refractivity contribution is 9.10. The molecule has 2 aromatic rings. The number of ether oxygens (including phenoxy) is 1. The number of rotatable bonds is 6. The minimum absolute atomic E-state index is 0.0815. The number of amides is 4. The number of nitrogens with one attached hydrogen (secondary N) is 3. The molecule has 33 heavy (non-hydrogen) atoms. The maximum absolute atomic E-state index is 12.3. The Morgan fingerprint density at radius 1 is 0.879 bits per heavy atom. The molecule has 2 aromatic carbocycles. The first kappa shape index (κ1) is 24.4. The van der Waals surface area contributed by atoms with E-state index in [4.69, 9.17) is 4.74 Å². The number of hydrogen-bond donors (Lipinski definition) is 3. The van der Waals surface area contributed by atoms with Gasteiger partial charge in [0.25, 0.3) is 17.7 Å². The number of benzene rings is 2. The van der Waals surface area contributed by atoms with Gasteiger partial charge in [-0.2, -0.15) is 0 Å². The molecule has 0 spiro atoms. The van der Waals surface area contributed by atoms with E-state index in [0.717, 1.165) is 14.0 Å². The monoisotopic (exact) mass is 580 g/mol. The number of halogens is 2. The second-order valence-electron chi connectivity index (χ2n) is 6.97. The first-order valence-electron chi connectivity index (χ1n) is 9.61. The highest BCUT2D eigenvalue weighted by Crippen LogP contribution is 2.18. The molecular formula is C21H18Br2N4O6. The topological polar surface area (TPSA) is 134 Å². The van der Waals surface area contributed by atoms with Crippen LogP contribution < -0.4 is 16.3 Å². The molecule has 172 valence electrons. The van der Waals surface area contributed by atoms with Gasteiger partial charge in [-0.3, -0.25) is 45.3 Å². The van der Waals surface area contributed by atoms with Gasteiger partial charge in [-0.25, -0.2) is 0 Å². The summed E-state index contributed by atoms with van der Waals surface area (Å²) in [7, 11) is 0. The number of carbonyl (C=O) groups is 5. The fourth-order valence-electron chi connectivity index (χ4n) is 2.85. The minimum Gasteiger partial charge on any atom is -0.455 e. The van der Waals surface area contributed by atoms with E-state index in [-0.39, 0.29) is 13.0 Å². The van der Waals surface area contributed by atoms with Crippen LogP contribution >= 0.6 is 31.9 Å². The van der Waals surface area contributed by atoms with Gasteiger partial charge in [-0.15, -0.1) is 0 Å². The van der Waals surface area contributed by atoms with E-state index in [0.29, 0.717) is 11.1 Å². The standard InChI is InChI=1S/C21H18Br2N4O6/c22-15-5-1-12(2-6-15)19(30)25-24-17(28)11-33-21(32)14-9-18(29)27(10-14)26-20(31)13-3-7-16(23)8-4-13/h1-8,14H,9-11H2,(H,24,28)(H,25,30)(H,26,31)/t14-/m0/s1. The number of nitrogens with zero attached hydrogens (tertiary/aromatic N) is 1. The predicted molar refractivity (Wildman–Crippen MR) is 122 cm³/mol. The van der Waals surface area contributed by atoms with Gasteiger partial charge in [0, 0.05) is 26.5 Å². The van der Waals surface area contributed by atoms with Gasteiger partial charge >= 0.3 is 5.97 Å². The molecule has 0 unspecified atom stereocenters. The predicted octanol–water partition coefficient (Wildman–Crippen LogP) is 1.71. The zero-order chi connectivity index (χ0) is 24.0. The summed E-state index contributed by atoms with van der Waals surface area (Å²) in [6.45, 7) is -0.725. The molecule has 0 aliphatic carbocycles. The van der Waals surface area contributed by atoms with Crippen molar-refractivity contribution in [3.63, 3.8) is 0 Å². The molecule has 0 saturated carbocycles. The molecule has 1 aliphatic heterocycles. The lowest BCUT2D eigenvalue weighted by Crippen LogP contribution is -2.44. The van der Waals surface area contributed by atoms with Gasteiger partial charge < -0.3 is 4.74 Å². The van der Waals surface area contributed by atoms with Gasteiger partial charge in [-0.05, 0) is 48.5 Å². The SMILES string of the molecule is O=C(COC(=O)[C@H]1CC(=O)N(NC(=O)c2ccc(Br)cc2)C1)NNC(=O)c1ccc(Br)cc1.